The molecule has 1 aromatic heterocycles. The van der Waals surface area contributed by atoms with Crippen molar-refractivity contribution in [2.45, 2.75) is 38.7 Å². The highest BCUT2D eigenvalue weighted by Crippen LogP contribution is 2.28. The molecule has 1 heterocycles. The number of aromatic nitrogens is 4. The number of aliphatic hydroxyl groups is 1. The van der Waals surface area contributed by atoms with E-state index in [-0.39, 0.29) is 0 Å². The van der Waals surface area contributed by atoms with Crippen molar-refractivity contribution < 1.29 is 5.11 Å². The molecule has 1 aromatic carbocycles. The quantitative estimate of drug-likeness (QED) is 0.768. The van der Waals surface area contributed by atoms with Gasteiger partial charge >= 0.3 is 0 Å². The van der Waals surface area contributed by atoms with Gasteiger partial charge in [0, 0.05) is 5.56 Å². The van der Waals surface area contributed by atoms with Crippen LogP contribution in [0, 0.1) is 0 Å². The van der Waals surface area contributed by atoms with Crippen molar-refractivity contribution >= 4 is 0 Å². The smallest absolute Gasteiger partial charge is 0.179 e. The highest BCUT2D eigenvalue weighted by atomic mass is 16.3. The van der Waals surface area contributed by atoms with Crippen LogP contribution in [-0.2, 0) is 0 Å². The Morgan fingerprint density at radius 1 is 1.28 bits per heavy atom. The lowest BCUT2D eigenvalue weighted by atomic mass is 9.98. The Morgan fingerprint density at radius 2 is 2.11 bits per heavy atom. The maximum atomic E-state index is 10.2. The first kappa shape index (κ1) is 12.7. The van der Waals surface area contributed by atoms with E-state index in [4.69, 9.17) is 0 Å². The highest BCUT2D eigenvalue weighted by Gasteiger charge is 2.14. The number of H-pyrrole nitrogens is 1. The lowest BCUT2D eigenvalue weighted by Crippen LogP contribution is -2.00. The summed E-state index contributed by atoms with van der Waals surface area (Å²) < 4.78 is 0. The molecule has 96 valence electrons. The Hall–Kier alpha value is -1.75. The Labute approximate surface area is 106 Å². The summed E-state index contributed by atoms with van der Waals surface area (Å²) in [5.74, 6) is 0.597. The molecule has 0 bridgehead atoms. The van der Waals surface area contributed by atoms with Gasteiger partial charge in [-0.25, -0.2) is 5.10 Å². The van der Waals surface area contributed by atoms with Crippen LogP contribution in [-0.4, -0.2) is 25.7 Å². The second-order valence-corrected chi connectivity index (χ2v) is 4.35. The van der Waals surface area contributed by atoms with Gasteiger partial charge in [-0.15, -0.1) is 5.10 Å². The average molecular weight is 246 g/mol. The number of nitrogens with zero attached hydrogens (tertiary/aromatic N) is 3. The molecule has 0 radical (unpaired) electrons. The molecule has 0 amide bonds. The Kier molecular flexibility index (Phi) is 4.41. The van der Waals surface area contributed by atoms with Gasteiger partial charge in [0.05, 0.1) is 6.10 Å². The van der Waals surface area contributed by atoms with Crippen molar-refractivity contribution in [1.82, 2.24) is 20.6 Å². The van der Waals surface area contributed by atoms with Gasteiger partial charge in [0.2, 0.25) is 0 Å². The predicted molar refractivity (Wildman–Crippen MR) is 68.7 cm³/mol. The fourth-order valence-corrected chi connectivity index (χ4v) is 2.02. The molecule has 5 heteroatoms. The molecule has 2 aromatic rings. The summed E-state index contributed by atoms with van der Waals surface area (Å²) in [7, 11) is 0. The monoisotopic (exact) mass is 246 g/mol. The number of hydrogen-bond donors (Lipinski definition) is 2. The van der Waals surface area contributed by atoms with Crippen molar-refractivity contribution in [2.75, 3.05) is 0 Å². The molecular formula is C13H18N4O. The van der Waals surface area contributed by atoms with E-state index in [0.29, 0.717) is 5.82 Å². The molecular weight excluding hydrogens is 228 g/mol. The minimum Gasteiger partial charge on any atom is -0.388 e. The minimum absolute atomic E-state index is 0.460. The number of benzene rings is 1. The van der Waals surface area contributed by atoms with Gasteiger partial charge in [0.15, 0.2) is 5.82 Å². The van der Waals surface area contributed by atoms with Crippen LogP contribution in [0.4, 0.5) is 0 Å². The molecule has 2 N–H and O–H groups in total. The summed E-state index contributed by atoms with van der Waals surface area (Å²) in [6.45, 7) is 2.15. The minimum atomic E-state index is -0.460. The van der Waals surface area contributed by atoms with Crippen molar-refractivity contribution in [3.05, 3.63) is 29.8 Å². The van der Waals surface area contributed by atoms with Gasteiger partial charge in [-0.3, -0.25) is 0 Å². The molecule has 2 rings (SSSR count). The van der Waals surface area contributed by atoms with E-state index in [1.807, 2.05) is 24.3 Å². The Bertz CT molecular complexity index is 470. The maximum absolute atomic E-state index is 10.2. The molecule has 18 heavy (non-hydrogen) atoms. The molecule has 0 spiro atoms. The van der Waals surface area contributed by atoms with E-state index in [1.54, 1.807) is 0 Å². The molecule has 0 aliphatic rings. The van der Waals surface area contributed by atoms with Gasteiger partial charge in [-0.05, 0) is 22.4 Å². The van der Waals surface area contributed by atoms with Crippen LogP contribution in [0.5, 0.6) is 0 Å². The first-order valence-electron chi connectivity index (χ1n) is 6.34. The van der Waals surface area contributed by atoms with E-state index in [0.717, 1.165) is 36.8 Å². The lowest BCUT2D eigenvalue weighted by Gasteiger charge is -2.13. The fourth-order valence-electron chi connectivity index (χ4n) is 2.02. The van der Waals surface area contributed by atoms with Crippen LogP contribution in [0.2, 0.25) is 0 Å². The van der Waals surface area contributed by atoms with E-state index < -0.39 is 6.10 Å². The number of tetrazole rings is 1. The van der Waals surface area contributed by atoms with Gasteiger partial charge < -0.3 is 5.11 Å². The normalized spacial score (nSPS) is 12.6. The highest BCUT2D eigenvalue weighted by molar-refractivity contribution is 5.59. The fraction of sp³-hybridized carbons (Fsp3) is 0.462. The van der Waals surface area contributed by atoms with E-state index in [1.165, 1.54) is 0 Å². The zero-order valence-electron chi connectivity index (χ0n) is 10.5. The molecule has 0 aliphatic carbocycles. The largest absolute Gasteiger partial charge is 0.388 e. The number of unbranched alkanes of at least 4 members (excludes halogenated alkanes) is 2. The second-order valence-electron chi connectivity index (χ2n) is 4.35. The number of hydrogen-bond acceptors (Lipinski definition) is 4. The number of aromatic amines is 1. The second kappa shape index (κ2) is 6.26. The summed E-state index contributed by atoms with van der Waals surface area (Å²) >= 11 is 0. The van der Waals surface area contributed by atoms with Crippen LogP contribution in [0.1, 0.15) is 44.3 Å². The predicted octanol–water partition coefficient (Wildman–Crippen LogP) is 2.48. The third-order valence-electron chi connectivity index (χ3n) is 3.00. The van der Waals surface area contributed by atoms with Gasteiger partial charge in [-0.2, -0.15) is 0 Å². The molecule has 0 saturated heterocycles. The molecule has 1 atom stereocenters. The summed E-state index contributed by atoms with van der Waals surface area (Å²) in [6.07, 6.45) is 3.63. The molecule has 0 saturated carbocycles. The summed E-state index contributed by atoms with van der Waals surface area (Å²) in [4.78, 5) is 0. The lowest BCUT2D eigenvalue weighted by molar-refractivity contribution is 0.164. The zero-order valence-corrected chi connectivity index (χ0v) is 10.5. The number of aliphatic hydroxyl groups excluding tert-OH is 1. The molecule has 0 fully saturated rings. The van der Waals surface area contributed by atoms with Crippen molar-refractivity contribution in [3.8, 4) is 11.4 Å². The van der Waals surface area contributed by atoms with Crippen LogP contribution < -0.4 is 0 Å². The SMILES string of the molecule is CCCCCC(O)c1ccccc1-c1nnn[nH]1. The van der Waals surface area contributed by atoms with E-state index >= 15 is 0 Å². The third kappa shape index (κ3) is 2.92. The molecule has 0 aliphatic heterocycles. The van der Waals surface area contributed by atoms with Crippen molar-refractivity contribution in [1.29, 1.82) is 0 Å². The van der Waals surface area contributed by atoms with Gasteiger partial charge in [-0.1, -0.05) is 50.5 Å². The summed E-state index contributed by atoms with van der Waals surface area (Å²) in [5.41, 5.74) is 1.75. The zero-order chi connectivity index (χ0) is 12.8. The van der Waals surface area contributed by atoms with Crippen molar-refractivity contribution in [3.63, 3.8) is 0 Å². The first-order chi connectivity index (χ1) is 8.83. The van der Waals surface area contributed by atoms with Gasteiger partial charge in [0.1, 0.15) is 0 Å². The number of nitrogens with one attached hydrogen (secondary N) is 1. The van der Waals surface area contributed by atoms with Crippen LogP contribution in [0.15, 0.2) is 24.3 Å². The van der Waals surface area contributed by atoms with Crippen LogP contribution >= 0.6 is 0 Å². The molecule has 5 nitrogen and oxygen atoms in total. The number of rotatable bonds is 6. The van der Waals surface area contributed by atoms with E-state index in [2.05, 4.69) is 27.5 Å². The Morgan fingerprint density at radius 3 is 2.83 bits per heavy atom. The maximum Gasteiger partial charge on any atom is 0.179 e. The average Bonchev–Trinajstić information content (AvgIpc) is 2.93. The van der Waals surface area contributed by atoms with E-state index in [9.17, 15) is 5.11 Å². The van der Waals surface area contributed by atoms with Crippen LogP contribution in [0.25, 0.3) is 11.4 Å². The first-order valence-corrected chi connectivity index (χ1v) is 6.34. The Balaban J connectivity index is 2.17. The third-order valence-corrected chi connectivity index (χ3v) is 3.00. The summed E-state index contributed by atoms with van der Waals surface area (Å²) in [5, 5.41) is 24.0. The van der Waals surface area contributed by atoms with Gasteiger partial charge in [0.25, 0.3) is 0 Å². The summed E-state index contributed by atoms with van der Waals surface area (Å²) in [6, 6.07) is 7.68. The standard InChI is InChI=1S/C13H18N4O/c1-2-3-4-9-12(18)10-7-5-6-8-11(10)13-14-16-17-15-13/h5-8,12,18H,2-4,9H2,1H3,(H,14,15,16,17). The molecule has 1 unspecified atom stereocenters. The van der Waals surface area contributed by atoms with Crippen LogP contribution in [0.3, 0.4) is 0 Å². The topological polar surface area (TPSA) is 74.7 Å². The van der Waals surface area contributed by atoms with Crippen molar-refractivity contribution in [2.24, 2.45) is 0 Å².